The third kappa shape index (κ3) is 7.96. The quantitative estimate of drug-likeness (QED) is 0.120. The minimum atomic E-state index is 0.571. The van der Waals surface area contributed by atoms with E-state index in [0.717, 1.165) is 26.2 Å². The largest absolute Gasteiger partial charge is 0.377 e. The Morgan fingerprint density at radius 1 is 0.465 bits per heavy atom. The molecule has 220 valence electrons. The third-order valence-corrected chi connectivity index (χ3v) is 7.69. The van der Waals surface area contributed by atoms with Crippen LogP contribution in [0.2, 0.25) is 0 Å². The molecule has 6 rings (SSSR count). The Labute approximate surface area is 253 Å². The van der Waals surface area contributed by atoms with E-state index >= 15 is 0 Å². The predicted molar refractivity (Wildman–Crippen MR) is 168 cm³/mol. The lowest BCUT2D eigenvalue weighted by molar-refractivity contribution is -0.687. The second-order valence-corrected chi connectivity index (χ2v) is 10.8. The summed E-state index contributed by atoms with van der Waals surface area (Å²) in [5.74, 6) is 0. The van der Waals surface area contributed by atoms with Crippen LogP contribution in [0.3, 0.4) is 0 Å². The first-order valence-electron chi connectivity index (χ1n) is 15.1. The summed E-state index contributed by atoms with van der Waals surface area (Å²) in [6.07, 6.45) is 12.7. The molecule has 4 aromatic carbocycles. The van der Waals surface area contributed by atoms with Crippen molar-refractivity contribution < 1.29 is 23.3 Å². The molecule has 0 atom stereocenters. The Morgan fingerprint density at radius 3 is 1.37 bits per heavy atom. The topological polar surface area (TPSA) is 45.3 Å². The van der Waals surface area contributed by atoms with Crippen molar-refractivity contribution in [3.8, 4) is 0 Å². The molecule has 0 saturated heterocycles. The second-order valence-electron chi connectivity index (χ2n) is 10.8. The van der Waals surface area contributed by atoms with Gasteiger partial charge >= 0.3 is 0 Å². The lowest BCUT2D eigenvalue weighted by Gasteiger charge is -2.06. The summed E-state index contributed by atoms with van der Waals surface area (Å²) in [5, 5.41) is 5.17. The molecule has 0 spiro atoms. The Hall–Kier alpha value is -4.30. The van der Waals surface area contributed by atoms with Gasteiger partial charge in [-0.15, -0.1) is 0 Å². The molecular formula is C36H40N4O3+2. The smallest absolute Gasteiger partial charge is 0.244 e. The highest BCUT2D eigenvalue weighted by molar-refractivity contribution is 5.86. The molecule has 0 bridgehead atoms. The van der Waals surface area contributed by atoms with Crippen molar-refractivity contribution in [1.82, 2.24) is 9.13 Å². The normalized spacial score (nSPS) is 11.5. The van der Waals surface area contributed by atoms with Gasteiger partial charge in [0, 0.05) is 11.1 Å². The van der Waals surface area contributed by atoms with E-state index in [-0.39, 0.29) is 0 Å². The molecule has 2 heterocycles. The fraction of sp³-hybridized carbons (Fsp3) is 0.278. The molecule has 0 aliphatic carbocycles. The monoisotopic (exact) mass is 576 g/mol. The number of benzene rings is 4. The van der Waals surface area contributed by atoms with Crippen molar-refractivity contribution in [2.75, 3.05) is 39.6 Å². The summed E-state index contributed by atoms with van der Waals surface area (Å²) in [5.41, 5.74) is 2.65. The molecule has 0 aliphatic heterocycles. The van der Waals surface area contributed by atoms with Gasteiger partial charge in [-0.3, -0.25) is 0 Å². The average Bonchev–Trinajstić information content (AvgIpc) is 3.69. The van der Waals surface area contributed by atoms with E-state index < -0.39 is 0 Å². The number of fused-ring (bicyclic) bond motifs is 2. The fourth-order valence-corrected chi connectivity index (χ4v) is 5.47. The number of nitrogens with zero attached hydrogens (tertiary/aromatic N) is 4. The standard InChI is InChI=1S/C36H40N4O3/c1-3-13-35-31(7-1)9-5-11-33(35)27-39-17-15-37(29-39)19-21-41-23-25-43-26-24-42-22-20-38-16-18-40(30-38)28-34-12-6-10-32-8-2-4-14-36(32)34/h1-18,29-30H,19-28H2/q+2. The molecule has 43 heavy (non-hydrogen) atoms. The van der Waals surface area contributed by atoms with Gasteiger partial charge in [0.05, 0.1) is 39.6 Å². The maximum atomic E-state index is 5.78. The van der Waals surface area contributed by atoms with Crippen molar-refractivity contribution in [1.29, 1.82) is 0 Å². The Balaban J connectivity index is 0.806. The van der Waals surface area contributed by atoms with Gasteiger partial charge in [-0.25, -0.2) is 18.3 Å². The molecule has 0 aliphatic rings. The highest BCUT2D eigenvalue weighted by Gasteiger charge is 2.09. The van der Waals surface area contributed by atoms with Crippen LogP contribution in [-0.4, -0.2) is 48.8 Å². The SMILES string of the molecule is c1ccc2c(C[n+]3ccn(CCOCCOCCOCCn4cc[n+](Cc5cccc6ccccc56)c4)c3)cccc2c1. The van der Waals surface area contributed by atoms with Gasteiger partial charge in [0.25, 0.3) is 0 Å². The number of aromatic nitrogens is 4. The fourth-order valence-electron chi connectivity index (χ4n) is 5.47. The highest BCUT2D eigenvalue weighted by Crippen LogP contribution is 2.19. The van der Waals surface area contributed by atoms with Gasteiger partial charge in [0.1, 0.15) is 51.0 Å². The van der Waals surface area contributed by atoms with Crippen LogP contribution < -0.4 is 9.13 Å². The molecule has 0 radical (unpaired) electrons. The number of imidazole rings is 2. The molecule has 7 heteroatoms. The van der Waals surface area contributed by atoms with Crippen molar-refractivity contribution >= 4 is 21.5 Å². The van der Waals surface area contributed by atoms with Crippen LogP contribution in [0.25, 0.3) is 21.5 Å². The predicted octanol–water partition coefficient (Wildman–Crippen LogP) is 5.02. The Bertz CT molecular complexity index is 1600. The van der Waals surface area contributed by atoms with E-state index in [0.29, 0.717) is 39.6 Å². The van der Waals surface area contributed by atoms with Crippen LogP contribution in [0, 0.1) is 0 Å². The summed E-state index contributed by atoms with van der Waals surface area (Å²) in [4.78, 5) is 0. The maximum absolute atomic E-state index is 5.78. The second kappa shape index (κ2) is 14.7. The van der Waals surface area contributed by atoms with Gasteiger partial charge in [0.15, 0.2) is 0 Å². The number of ether oxygens (including phenoxy) is 3. The zero-order valence-corrected chi connectivity index (χ0v) is 24.6. The number of rotatable bonds is 16. The molecule has 0 unspecified atom stereocenters. The maximum Gasteiger partial charge on any atom is 0.244 e. The van der Waals surface area contributed by atoms with Gasteiger partial charge in [-0.1, -0.05) is 84.9 Å². The van der Waals surface area contributed by atoms with Crippen LogP contribution in [0.15, 0.2) is 122 Å². The molecule has 0 fully saturated rings. The molecular weight excluding hydrogens is 536 g/mol. The van der Waals surface area contributed by atoms with Gasteiger partial charge in [-0.2, -0.15) is 0 Å². The van der Waals surface area contributed by atoms with E-state index in [9.17, 15) is 0 Å². The van der Waals surface area contributed by atoms with Crippen LogP contribution in [-0.2, 0) is 40.4 Å². The minimum absolute atomic E-state index is 0.571. The first kappa shape index (κ1) is 28.8. The first-order valence-corrected chi connectivity index (χ1v) is 15.1. The summed E-state index contributed by atoms with van der Waals surface area (Å²) >= 11 is 0. The zero-order valence-electron chi connectivity index (χ0n) is 24.6. The van der Waals surface area contributed by atoms with Crippen LogP contribution in [0.5, 0.6) is 0 Å². The molecule has 0 saturated carbocycles. The Morgan fingerprint density at radius 2 is 0.884 bits per heavy atom. The molecule has 2 aromatic heterocycles. The molecule has 7 nitrogen and oxygen atoms in total. The molecule has 0 N–H and O–H groups in total. The van der Waals surface area contributed by atoms with E-state index in [1.807, 2.05) is 0 Å². The lowest BCUT2D eigenvalue weighted by atomic mass is 10.0. The lowest BCUT2D eigenvalue weighted by Crippen LogP contribution is -2.31. The van der Waals surface area contributed by atoms with E-state index in [4.69, 9.17) is 14.2 Å². The van der Waals surface area contributed by atoms with Gasteiger partial charge < -0.3 is 14.2 Å². The minimum Gasteiger partial charge on any atom is -0.377 e. The van der Waals surface area contributed by atoms with E-state index in [2.05, 4.69) is 141 Å². The summed E-state index contributed by atoms with van der Waals surface area (Å²) < 4.78 is 26.0. The van der Waals surface area contributed by atoms with Crippen molar-refractivity contribution in [2.24, 2.45) is 0 Å². The highest BCUT2D eigenvalue weighted by atomic mass is 16.5. The summed E-state index contributed by atoms with van der Waals surface area (Å²) in [6.45, 7) is 6.93. The average molecular weight is 577 g/mol. The number of hydrogen-bond donors (Lipinski definition) is 0. The first-order chi connectivity index (χ1) is 21.3. The van der Waals surface area contributed by atoms with E-state index in [1.54, 1.807) is 0 Å². The Kier molecular flexibility index (Phi) is 9.87. The summed E-state index contributed by atoms with van der Waals surface area (Å²) in [7, 11) is 0. The third-order valence-electron chi connectivity index (χ3n) is 7.69. The number of hydrogen-bond acceptors (Lipinski definition) is 3. The molecule has 0 amide bonds. The van der Waals surface area contributed by atoms with Crippen molar-refractivity contribution in [2.45, 2.75) is 26.2 Å². The zero-order chi connectivity index (χ0) is 29.1. The van der Waals surface area contributed by atoms with Crippen molar-refractivity contribution in [3.63, 3.8) is 0 Å². The van der Waals surface area contributed by atoms with Crippen LogP contribution in [0.1, 0.15) is 11.1 Å². The van der Waals surface area contributed by atoms with Crippen LogP contribution in [0.4, 0.5) is 0 Å². The van der Waals surface area contributed by atoms with Gasteiger partial charge in [-0.05, 0) is 21.5 Å². The van der Waals surface area contributed by atoms with Crippen LogP contribution >= 0.6 is 0 Å². The van der Waals surface area contributed by atoms with E-state index in [1.165, 1.54) is 32.7 Å². The van der Waals surface area contributed by atoms with Crippen molar-refractivity contribution in [3.05, 3.63) is 133 Å². The van der Waals surface area contributed by atoms with Gasteiger partial charge in [0.2, 0.25) is 12.7 Å². The summed E-state index contributed by atoms with van der Waals surface area (Å²) in [6, 6.07) is 30.1. The molecule has 6 aromatic rings.